The Morgan fingerprint density at radius 3 is 2.07 bits per heavy atom. The van der Waals surface area contributed by atoms with E-state index in [1.807, 2.05) is 0 Å². The number of nitrogens with zero attached hydrogens (tertiary/aromatic N) is 1. The summed E-state index contributed by atoms with van der Waals surface area (Å²) in [5.74, 6) is -5.28. The molecule has 0 spiro atoms. The Morgan fingerprint density at radius 1 is 0.854 bits per heavy atom. The van der Waals surface area contributed by atoms with E-state index >= 15 is 0 Å². The quantitative estimate of drug-likeness (QED) is 0.213. The third kappa shape index (κ3) is 9.26. The summed E-state index contributed by atoms with van der Waals surface area (Å²) < 4.78 is 38.6. The Morgan fingerprint density at radius 2 is 1.46 bits per heavy atom. The fourth-order valence-electron chi connectivity index (χ4n) is 3.94. The number of hydrogen-bond donors (Lipinski definition) is 2. The molecular weight excluding hydrogens is 547 g/mol. The van der Waals surface area contributed by atoms with Gasteiger partial charge >= 0.3 is 18.1 Å². The molecule has 0 saturated carbocycles. The van der Waals surface area contributed by atoms with Gasteiger partial charge in [-0.3, -0.25) is 24.0 Å². The van der Waals surface area contributed by atoms with Gasteiger partial charge in [0.25, 0.3) is 11.8 Å². The molecule has 218 valence electrons. The first-order valence-corrected chi connectivity index (χ1v) is 12.9. The topological polar surface area (TPSA) is 139 Å². The van der Waals surface area contributed by atoms with Gasteiger partial charge < -0.3 is 15.5 Å². The highest BCUT2D eigenvalue weighted by Crippen LogP contribution is 2.17. The molecule has 1 aliphatic heterocycles. The molecule has 4 amide bonds. The van der Waals surface area contributed by atoms with Crippen molar-refractivity contribution in [3.8, 4) is 0 Å². The summed E-state index contributed by atoms with van der Waals surface area (Å²) in [4.78, 5) is 76.3. The molecule has 2 aromatic rings. The minimum atomic E-state index is -5.19. The molecule has 1 aliphatic rings. The smallest absolute Gasteiger partial charge is 0.354 e. The van der Waals surface area contributed by atoms with E-state index in [4.69, 9.17) is 4.84 Å². The minimum absolute atomic E-state index is 0.0184. The van der Waals surface area contributed by atoms with Gasteiger partial charge in [-0.25, -0.2) is 4.79 Å². The lowest BCUT2D eigenvalue weighted by Gasteiger charge is -2.19. The molecule has 0 bridgehead atoms. The number of amides is 4. The van der Waals surface area contributed by atoms with Crippen molar-refractivity contribution in [1.82, 2.24) is 15.7 Å². The number of ketones is 1. The maximum absolute atomic E-state index is 12.9. The maximum atomic E-state index is 12.9. The van der Waals surface area contributed by atoms with Crippen LogP contribution in [0.1, 0.15) is 60.0 Å². The van der Waals surface area contributed by atoms with Crippen molar-refractivity contribution >= 4 is 35.4 Å². The highest BCUT2D eigenvalue weighted by Gasteiger charge is 2.40. The first-order chi connectivity index (χ1) is 19.5. The maximum Gasteiger partial charge on any atom is 0.471 e. The van der Waals surface area contributed by atoms with Crippen LogP contribution in [0.5, 0.6) is 0 Å². The Bertz CT molecular complexity index is 1270. The average molecular weight is 576 g/mol. The van der Waals surface area contributed by atoms with Crippen LogP contribution in [0.25, 0.3) is 0 Å². The highest BCUT2D eigenvalue weighted by atomic mass is 19.4. The van der Waals surface area contributed by atoms with Crippen molar-refractivity contribution in [3.63, 3.8) is 0 Å². The Kier molecular flexibility index (Phi) is 10.7. The zero-order chi connectivity index (χ0) is 30.0. The van der Waals surface area contributed by atoms with E-state index in [-0.39, 0.29) is 38.0 Å². The summed E-state index contributed by atoms with van der Waals surface area (Å²) in [6.07, 6.45) is -4.47. The van der Waals surface area contributed by atoms with Crippen LogP contribution in [0, 0.1) is 0 Å². The fourth-order valence-corrected chi connectivity index (χ4v) is 3.94. The first-order valence-electron chi connectivity index (χ1n) is 12.9. The number of imide groups is 1. The van der Waals surface area contributed by atoms with Crippen molar-refractivity contribution in [3.05, 3.63) is 71.3 Å². The van der Waals surface area contributed by atoms with Crippen LogP contribution in [-0.2, 0) is 35.2 Å². The summed E-state index contributed by atoms with van der Waals surface area (Å²) in [6, 6.07) is 12.9. The van der Waals surface area contributed by atoms with Gasteiger partial charge in [0.1, 0.15) is 6.04 Å². The molecule has 13 heteroatoms. The van der Waals surface area contributed by atoms with Crippen molar-refractivity contribution in [1.29, 1.82) is 0 Å². The second kappa shape index (κ2) is 14.2. The number of hydroxylamine groups is 2. The number of halogens is 3. The van der Waals surface area contributed by atoms with Gasteiger partial charge in [-0.2, -0.15) is 13.2 Å². The lowest BCUT2D eigenvalue weighted by Crippen LogP contribution is -2.51. The normalized spacial score (nSPS) is 14.0. The van der Waals surface area contributed by atoms with E-state index in [0.29, 0.717) is 41.0 Å². The van der Waals surface area contributed by atoms with E-state index in [0.717, 1.165) is 0 Å². The van der Waals surface area contributed by atoms with E-state index < -0.39 is 41.8 Å². The van der Waals surface area contributed by atoms with Crippen LogP contribution in [0.15, 0.2) is 54.6 Å². The largest absolute Gasteiger partial charge is 0.471 e. The van der Waals surface area contributed by atoms with Crippen molar-refractivity contribution < 1.29 is 46.8 Å². The predicted molar refractivity (Wildman–Crippen MR) is 137 cm³/mol. The standard InChI is InChI=1S/C28H28F3N3O7/c29-28(30,31)27(40)33-21(17-18-10-12-20(13-11-18)25(38)19-7-3-1-4-8-19)26(39)32-16-6-2-5-9-24(37)41-34-22(35)14-15-23(34)36/h1,3-4,7-8,10-13,21H,2,5-6,9,14-17H2,(H,32,39)(H,33,40)/t21-/m0/s1. The molecule has 2 N–H and O–H groups in total. The number of rotatable bonds is 13. The van der Waals surface area contributed by atoms with Gasteiger partial charge in [0, 0.05) is 43.4 Å². The van der Waals surface area contributed by atoms with Gasteiger partial charge in [-0.1, -0.05) is 61.0 Å². The number of hydrogen-bond acceptors (Lipinski definition) is 7. The SMILES string of the molecule is O=C(CCCCCNC(=O)[C@H](Cc1ccc(C(=O)c2ccccc2)cc1)NC(=O)C(F)(F)F)ON1C(=O)CCC1=O. The number of carbonyl (C=O) groups excluding carboxylic acids is 6. The molecular formula is C28H28F3N3O7. The Labute approximate surface area is 233 Å². The van der Waals surface area contributed by atoms with E-state index in [1.165, 1.54) is 24.3 Å². The number of alkyl halides is 3. The lowest BCUT2D eigenvalue weighted by molar-refractivity contribution is -0.197. The fraction of sp³-hybridized carbons (Fsp3) is 0.357. The second-order valence-electron chi connectivity index (χ2n) is 9.27. The third-order valence-electron chi connectivity index (χ3n) is 6.13. The van der Waals surface area contributed by atoms with Gasteiger partial charge in [-0.05, 0) is 18.4 Å². The summed E-state index contributed by atoms with van der Waals surface area (Å²) in [7, 11) is 0. The van der Waals surface area contributed by atoms with Crippen LogP contribution in [0.4, 0.5) is 13.2 Å². The zero-order valence-corrected chi connectivity index (χ0v) is 21.9. The molecule has 0 unspecified atom stereocenters. The van der Waals surface area contributed by atoms with Crippen molar-refractivity contribution in [2.75, 3.05) is 6.54 Å². The van der Waals surface area contributed by atoms with Gasteiger partial charge in [0.15, 0.2) is 5.78 Å². The molecule has 0 aromatic heterocycles. The van der Waals surface area contributed by atoms with Crippen LogP contribution < -0.4 is 10.6 Å². The lowest BCUT2D eigenvalue weighted by atomic mass is 9.99. The van der Waals surface area contributed by atoms with Gasteiger partial charge in [0.05, 0.1) is 0 Å². The molecule has 10 nitrogen and oxygen atoms in total. The van der Waals surface area contributed by atoms with Crippen LogP contribution in [0.3, 0.4) is 0 Å². The van der Waals surface area contributed by atoms with E-state index in [2.05, 4.69) is 5.32 Å². The summed E-state index contributed by atoms with van der Waals surface area (Å²) in [5, 5.41) is 4.64. The van der Waals surface area contributed by atoms with Gasteiger partial charge in [0.2, 0.25) is 5.91 Å². The van der Waals surface area contributed by atoms with Crippen molar-refractivity contribution in [2.45, 2.75) is 57.2 Å². The third-order valence-corrected chi connectivity index (χ3v) is 6.13. The molecule has 2 aromatic carbocycles. The summed E-state index contributed by atoms with van der Waals surface area (Å²) in [6.45, 7) is 0.0554. The zero-order valence-electron chi connectivity index (χ0n) is 21.9. The number of carbonyl (C=O) groups is 6. The van der Waals surface area contributed by atoms with Crippen molar-refractivity contribution in [2.24, 2.45) is 0 Å². The highest BCUT2D eigenvalue weighted by molar-refractivity contribution is 6.09. The Balaban J connectivity index is 1.49. The minimum Gasteiger partial charge on any atom is -0.354 e. The summed E-state index contributed by atoms with van der Waals surface area (Å²) in [5.41, 5.74) is 1.23. The number of unbranched alkanes of at least 4 members (excludes halogenated alkanes) is 2. The molecule has 1 saturated heterocycles. The van der Waals surface area contributed by atoms with E-state index in [9.17, 15) is 41.9 Å². The van der Waals surface area contributed by atoms with Crippen LogP contribution >= 0.6 is 0 Å². The first kappa shape index (κ1) is 31.0. The van der Waals surface area contributed by atoms with Gasteiger partial charge in [-0.15, -0.1) is 5.06 Å². The molecule has 41 heavy (non-hydrogen) atoms. The molecule has 1 fully saturated rings. The number of benzene rings is 2. The molecule has 1 heterocycles. The predicted octanol–water partition coefficient (Wildman–Crippen LogP) is 2.79. The summed E-state index contributed by atoms with van der Waals surface area (Å²) >= 11 is 0. The van der Waals surface area contributed by atoms with Crippen LogP contribution in [-0.4, -0.2) is 59.2 Å². The van der Waals surface area contributed by atoms with Crippen LogP contribution in [0.2, 0.25) is 0 Å². The monoisotopic (exact) mass is 575 g/mol. The molecule has 1 atom stereocenters. The van der Waals surface area contributed by atoms with E-state index in [1.54, 1.807) is 35.6 Å². The average Bonchev–Trinajstić information content (AvgIpc) is 3.26. The Hall–Kier alpha value is -4.55. The molecule has 0 aliphatic carbocycles. The number of nitrogens with one attached hydrogen (secondary N) is 2. The molecule has 0 radical (unpaired) electrons. The molecule has 3 rings (SSSR count). The second-order valence-corrected chi connectivity index (χ2v) is 9.27.